The van der Waals surface area contributed by atoms with Crippen LogP contribution in [0.2, 0.25) is 5.02 Å². The van der Waals surface area contributed by atoms with Gasteiger partial charge in [0.05, 0.1) is 17.9 Å². The van der Waals surface area contributed by atoms with E-state index in [1.807, 2.05) is 45.0 Å². The van der Waals surface area contributed by atoms with E-state index in [4.69, 9.17) is 25.9 Å². The first kappa shape index (κ1) is 22.8. The molecule has 0 radical (unpaired) electrons. The summed E-state index contributed by atoms with van der Waals surface area (Å²) in [4.78, 5) is 5.33. The molecule has 0 spiro atoms. The quantitative estimate of drug-likeness (QED) is 0.479. The molecule has 2 aromatic rings. The van der Waals surface area contributed by atoms with Gasteiger partial charge in [-0.25, -0.2) is 0 Å². The van der Waals surface area contributed by atoms with Crippen LogP contribution >= 0.6 is 11.6 Å². The normalized spacial score (nSPS) is 22.4. The maximum absolute atomic E-state index is 10.1. The number of aliphatic hydroxyl groups excluding tert-OH is 1. The third-order valence-electron chi connectivity index (χ3n) is 5.14. The third kappa shape index (κ3) is 6.05. The van der Waals surface area contributed by atoms with Crippen LogP contribution in [-0.4, -0.2) is 36.4 Å². The van der Waals surface area contributed by atoms with Crippen molar-refractivity contribution in [3.8, 4) is 0 Å². The van der Waals surface area contributed by atoms with Crippen molar-refractivity contribution in [1.29, 1.82) is 0 Å². The number of halogens is 1. The second-order valence-electron chi connectivity index (χ2n) is 7.97. The van der Waals surface area contributed by atoms with Crippen LogP contribution in [0, 0.1) is 0 Å². The van der Waals surface area contributed by atoms with Gasteiger partial charge in [0, 0.05) is 25.0 Å². The Morgan fingerprint density at radius 2 is 1.93 bits per heavy atom. The van der Waals surface area contributed by atoms with Crippen molar-refractivity contribution in [3.05, 3.63) is 69.7 Å². The highest BCUT2D eigenvalue weighted by molar-refractivity contribution is 6.31. The molecule has 0 bridgehead atoms. The van der Waals surface area contributed by atoms with Crippen LogP contribution in [0.15, 0.2) is 47.6 Å². The smallest absolute Gasteiger partial charge is 0.160 e. The van der Waals surface area contributed by atoms with Crippen molar-refractivity contribution in [2.75, 3.05) is 7.11 Å². The summed E-state index contributed by atoms with van der Waals surface area (Å²) in [6.45, 7) is 5.84. The van der Waals surface area contributed by atoms with Crippen LogP contribution < -0.4 is 0 Å². The largest absolute Gasteiger partial charge is 0.393 e. The molecule has 6 heteroatoms. The number of aliphatic hydroxyl groups is 1. The highest BCUT2D eigenvalue weighted by Gasteiger charge is 2.29. The van der Waals surface area contributed by atoms with Crippen LogP contribution in [0.1, 0.15) is 62.0 Å². The summed E-state index contributed by atoms with van der Waals surface area (Å²) >= 11 is 6.47. The van der Waals surface area contributed by atoms with E-state index in [1.54, 1.807) is 7.11 Å². The fourth-order valence-corrected chi connectivity index (χ4v) is 3.66. The van der Waals surface area contributed by atoms with E-state index in [2.05, 4.69) is 23.4 Å². The molecule has 3 atom stereocenters. The van der Waals surface area contributed by atoms with Gasteiger partial charge >= 0.3 is 0 Å². The molecule has 0 aromatic heterocycles. The lowest BCUT2D eigenvalue weighted by Gasteiger charge is -2.32. The predicted molar refractivity (Wildman–Crippen MR) is 119 cm³/mol. The Hall–Kier alpha value is -1.92. The topological polar surface area (TPSA) is 60.3 Å². The van der Waals surface area contributed by atoms with E-state index in [-0.39, 0.29) is 12.2 Å². The Balaban J connectivity index is 1.74. The van der Waals surface area contributed by atoms with Gasteiger partial charge in [-0.1, -0.05) is 53.2 Å². The maximum atomic E-state index is 10.1. The first-order valence-corrected chi connectivity index (χ1v) is 10.7. The second kappa shape index (κ2) is 10.4. The summed E-state index contributed by atoms with van der Waals surface area (Å²) in [6.07, 6.45) is 0.755. The average molecular weight is 432 g/mol. The lowest BCUT2D eigenvalue weighted by molar-refractivity contribution is -0.205. The van der Waals surface area contributed by atoms with Gasteiger partial charge in [0.25, 0.3) is 0 Å². The predicted octanol–water partition coefficient (Wildman–Crippen LogP) is 5.26. The fraction of sp³-hybridized carbons (Fsp3) is 0.458. The molecule has 5 nitrogen and oxygen atoms in total. The Kier molecular flexibility index (Phi) is 7.89. The minimum Gasteiger partial charge on any atom is -0.393 e. The number of methoxy groups -OCH3 is 1. The number of hydrogen-bond acceptors (Lipinski definition) is 5. The standard InChI is InChI=1S/C24H30ClNO4/c1-15(2)30-26-16(3)18-7-5-17(6-8-18)11-20-12-19(9-10-22(20)25)23-13-21(27)14-24(28-4)29-23/h5-10,12,15,21,23-24,27H,11,13-14H2,1-4H3/b26-16+. The molecule has 1 heterocycles. The van der Waals surface area contributed by atoms with E-state index >= 15 is 0 Å². The van der Waals surface area contributed by atoms with Crippen LogP contribution in [0.4, 0.5) is 0 Å². The van der Waals surface area contributed by atoms with Gasteiger partial charge in [0.2, 0.25) is 0 Å². The van der Waals surface area contributed by atoms with Gasteiger partial charge in [-0.15, -0.1) is 0 Å². The maximum Gasteiger partial charge on any atom is 0.160 e. The first-order chi connectivity index (χ1) is 14.4. The Bertz CT molecular complexity index is 866. The molecule has 0 amide bonds. The second-order valence-corrected chi connectivity index (χ2v) is 8.38. The van der Waals surface area contributed by atoms with Crippen LogP contribution in [-0.2, 0) is 20.7 Å². The van der Waals surface area contributed by atoms with Gasteiger partial charge < -0.3 is 19.4 Å². The number of hydrogen-bond donors (Lipinski definition) is 1. The fourth-order valence-electron chi connectivity index (χ4n) is 3.48. The molecule has 30 heavy (non-hydrogen) atoms. The molecular formula is C24H30ClNO4. The summed E-state index contributed by atoms with van der Waals surface area (Å²) in [6, 6.07) is 14.2. The van der Waals surface area contributed by atoms with E-state index in [0.717, 1.165) is 28.0 Å². The van der Waals surface area contributed by atoms with E-state index < -0.39 is 12.4 Å². The molecule has 0 saturated carbocycles. The molecule has 1 aliphatic rings. The van der Waals surface area contributed by atoms with Crippen LogP contribution in [0.25, 0.3) is 0 Å². The van der Waals surface area contributed by atoms with E-state index in [0.29, 0.717) is 24.3 Å². The van der Waals surface area contributed by atoms with Crippen molar-refractivity contribution in [2.45, 2.75) is 64.6 Å². The summed E-state index contributed by atoms with van der Waals surface area (Å²) in [7, 11) is 1.60. The lowest BCUT2D eigenvalue weighted by Crippen LogP contribution is -2.32. The molecule has 2 aromatic carbocycles. The lowest BCUT2D eigenvalue weighted by atomic mass is 9.95. The average Bonchev–Trinajstić information content (AvgIpc) is 2.73. The van der Waals surface area contributed by atoms with Gasteiger partial charge in [-0.2, -0.15) is 0 Å². The van der Waals surface area contributed by atoms with Crippen molar-refractivity contribution in [1.82, 2.24) is 0 Å². The zero-order valence-electron chi connectivity index (χ0n) is 18.0. The third-order valence-corrected chi connectivity index (χ3v) is 5.51. The van der Waals surface area contributed by atoms with Gasteiger partial charge in [-0.3, -0.25) is 0 Å². The highest BCUT2D eigenvalue weighted by atomic mass is 35.5. The monoisotopic (exact) mass is 431 g/mol. The Labute approximate surface area is 183 Å². The Morgan fingerprint density at radius 3 is 2.60 bits per heavy atom. The molecule has 0 aliphatic carbocycles. The molecular weight excluding hydrogens is 402 g/mol. The first-order valence-electron chi connectivity index (χ1n) is 10.3. The number of rotatable bonds is 7. The minimum atomic E-state index is -0.440. The van der Waals surface area contributed by atoms with E-state index in [1.165, 1.54) is 0 Å². The molecule has 162 valence electrons. The Morgan fingerprint density at radius 1 is 1.20 bits per heavy atom. The summed E-state index contributed by atoms with van der Waals surface area (Å²) in [5.74, 6) is 0. The minimum absolute atomic E-state index is 0.0575. The number of ether oxygens (including phenoxy) is 2. The van der Waals surface area contributed by atoms with Crippen molar-refractivity contribution in [3.63, 3.8) is 0 Å². The van der Waals surface area contributed by atoms with Gasteiger partial charge in [-0.05, 0) is 55.5 Å². The number of nitrogens with zero attached hydrogens (tertiary/aromatic N) is 1. The van der Waals surface area contributed by atoms with Crippen LogP contribution in [0.5, 0.6) is 0 Å². The molecule has 1 aliphatic heterocycles. The van der Waals surface area contributed by atoms with Crippen molar-refractivity contribution >= 4 is 17.3 Å². The summed E-state index contributed by atoms with van der Waals surface area (Å²) in [5.41, 5.74) is 5.04. The zero-order chi connectivity index (χ0) is 21.7. The number of oxime groups is 1. The molecule has 1 fully saturated rings. The van der Waals surface area contributed by atoms with Gasteiger partial charge in [0.15, 0.2) is 6.29 Å². The van der Waals surface area contributed by atoms with Crippen LogP contribution in [0.3, 0.4) is 0 Å². The SMILES string of the molecule is COC1CC(O)CC(c2ccc(Cl)c(Cc3ccc(/C(C)=N/OC(C)C)cc3)c2)O1. The summed E-state index contributed by atoms with van der Waals surface area (Å²) in [5, 5.41) is 15.0. The van der Waals surface area contributed by atoms with Crippen molar-refractivity contribution in [2.24, 2.45) is 5.16 Å². The molecule has 3 unspecified atom stereocenters. The molecule has 1 saturated heterocycles. The molecule has 3 rings (SSSR count). The molecule has 1 N–H and O–H groups in total. The summed E-state index contributed by atoms with van der Waals surface area (Å²) < 4.78 is 11.3. The zero-order valence-corrected chi connectivity index (χ0v) is 18.7. The number of benzene rings is 2. The highest BCUT2D eigenvalue weighted by Crippen LogP contribution is 2.34. The van der Waals surface area contributed by atoms with Gasteiger partial charge in [0.1, 0.15) is 6.10 Å². The van der Waals surface area contributed by atoms with E-state index in [9.17, 15) is 5.11 Å². The van der Waals surface area contributed by atoms with Crippen molar-refractivity contribution < 1.29 is 19.4 Å².